The molecule has 5 fully saturated rings. The number of carbonyl (C=O) groups is 1. The molecule has 2 heteroatoms. The Kier molecular flexibility index (Phi) is 5.69. The van der Waals surface area contributed by atoms with Gasteiger partial charge in [-0.05, 0) is 110 Å². The molecule has 0 radical (unpaired) electrons. The van der Waals surface area contributed by atoms with Gasteiger partial charge in [0.15, 0.2) is 0 Å². The Morgan fingerprint density at radius 2 is 1.56 bits per heavy atom. The molecule has 1 amide bonds. The van der Waals surface area contributed by atoms with Gasteiger partial charge in [-0.15, -0.1) is 0 Å². The molecule has 0 aromatic heterocycles. The molecule has 0 heterocycles. The Hall–Kier alpha value is -1.31. The van der Waals surface area contributed by atoms with E-state index < -0.39 is 0 Å². The summed E-state index contributed by atoms with van der Waals surface area (Å²) in [6.45, 7) is 8.65. The lowest BCUT2D eigenvalue weighted by Crippen LogP contribution is -2.61. The number of benzene rings is 1. The van der Waals surface area contributed by atoms with E-state index in [0.717, 1.165) is 42.4 Å². The summed E-state index contributed by atoms with van der Waals surface area (Å²) in [5, 5.41) is 3.40. The van der Waals surface area contributed by atoms with Crippen molar-refractivity contribution in [1.82, 2.24) is 5.32 Å². The molecule has 0 bridgehead atoms. The standard InChI is InChI=1S/C32H47NO/c1-22-9-7-17-30(2)25(22)15-19-31(3)26-16-20-32(29(34)33-21-23-10-5-4-6-11-23)18-8-12-27(32)24(26)13-14-28(30)31/h4-6,10-11,22,24-28H,7-9,12-21H2,1-3H3,(H,33,34). The summed E-state index contributed by atoms with van der Waals surface area (Å²) in [7, 11) is 0. The predicted octanol–water partition coefficient (Wildman–Crippen LogP) is 7.77. The summed E-state index contributed by atoms with van der Waals surface area (Å²) in [6, 6.07) is 10.5. The maximum atomic E-state index is 13.8. The molecule has 5 aliphatic rings. The largest absolute Gasteiger partial charge is 0.352 e. The normalized spacial score (nSPS) is 47.6. The van der Waals surface area contributed by atoms with Crippen LogP contribution in [0.1, 0.15) is 103 Å². The van der Waals surface area contributed by atoms with Gasteiger partial charge in [-0.3, -0.25) is 4.79 Å². The van der Waals surface area contributed by atoms with E-state index in [-0.39, 0.29) is 5.41 Å². The number of rotatable bonds is 3. The first kappa shape index (κ1) is 23.1. The van der Waals surface area contributed by atoms with E-state index in [1.165, 1.54) is 69.8 Å². The third-order valence-electron chi connectivity index (χ3n) is 12.7. The molecule has 5 aliphatic carbocycles. The molecular formula is C32H47NO. The molecule has 1 aromatic carbocycles. The first-order chi connectivity index (χ1) is 16.4. The second-order valence-corrected chi connectivity index (χ2v) is 13.8. The van der Waals surface area contributed by atoms with Crippen LogP contribution in [0.3, 0.4) is 0 Å². The second-order valence-electron chi connectivity index (χ2n) is 13.8. The zero-order chi connectivity index (χ0) is 23.6. The molecule has 0 saturated heterocycles. The van der Waals surface area contributed by atoms with Gasteiger partial charge in [0, 0.05) is 6.54 Å². The molecule has 1 aromatic rings. The van der Waals surface area contributed by atoms with Crippen LogP contribution < -0.4 is 5.32 Å². The van der Waals surface area contributed by atoms with Crippen LogP contribution in [0.5, 0.6) is 0 Å². The lowest BCUT2D eigenvalue weighted by atomic mass is 9.38. The zero-order valence-electron chi connectivity index (χ0n) is 22.0. The van der Waals surface area contributed by atoms with Gasteiger partial charge in [-0.25, -0.2) is 0 Å². The smallest absolute Gasteiger partial charge is 0.226 e. The third kappa shape index (κ3) is 3.29. The second kappa shape index (κ2) is 8.38. The fourth-order valence-electron chi connectivity index (χ4n) is 11.3. The average molecular weight is 462 g/mol. The van der Waals surface area contributed by atoms with Gasteiger partial charge in [-0.2, -0.15) is 0 Å². The van der Waals surface area contributed by atoms with Crippen LogP contribution in [0.2, 0.25) is 0 Å². The number of amides is 1. The van der Waals surface area contributed by atoms with Crippen LogP contribution >= 0.6 is 0 Å². The molecule has 9 unspecified atom stereocenters. The number of fused-ring (bicyclic) bond motifs is 7. The van der Waals surface area contributed by atoms with Crippen molar-refractivity contribution in [2.75, 3.05) is 0 Å². The highest BCUT2D eigenvalue weighted by molar-refractivity contribution is 5.83. The molecule has 0 aliphatic heterocycles. The molecule has 2 nitrogen and oxygen atoms in total. The summed E-state index contributed by atoms with van der Waals surface area (Å²) in [5.74, 6) is 5.40. The Bertz CT molecular complexity index is 911. The van der Waals surface area contributed by atoms with Gasteiger partial charge in [-0.1, -0.05) is 70.4 Å². The van der Waals surface area contributed by atoms with Gasteiger partial charge in [0.2, 0.25) is 5.91 Å². The quantitative estimate of drug-likeness (QED) is 0.489. The van der Waals surface area contributed by atoms with E-state index in [9.17, 15) is 4.79 Å². The summed E-state index contributed by atoms with van der Waals surface area (Å²) in [6.07, 6.45) is 16.2. The molecule has 5 saturated carbocycles. The Balaban J connectivity index is 1.23. The van der Waals surface area contributed by atoms with Gasteiger partial charge in [0.05, 0.1) is 5.41 Å². The fraction of sp³-hybridized carbons (Fsp3) is 0.781. The van der Waals surface area contributed by atoms with Crippen molar-refractivity contribution in [3.05, 3.63) is 35.9 Å². The molecule has 9 atom stereocenters. The van der Waals surface area contributed by atoms with Crippen molar-refractivity contribution in [3.63, 3.8) is 0 Å². The van der Waals surface area contributed by atoms with Crippen LogP contribution in [0.15, 0.2) is 30.3 Å². The summed E-state index contributed by atoms with van der Waals surface area (Å²) in [5.41, 5.74) is 2.20. The number of hydrogen-bond donors (Lipinski definition) is 1. The minimum Gasteiger partial charge on any atom is -0.352 e. The Labute approximate surface area is 208 Å². The number of nitrogens with one attached hydrogen (secondary N) is 1. The SMILES string of the molecule is CC1CCCC2(C)C1CCC1(C)C3CCC4(C(=O)NCc5ccccc5)CCCC4C3CCC21. The Morgan fingerprint density at radius 3 is 2.38 bits per heavy atom. The zero-order valence-corrected chi connectivity index (χ0v) is 22.0. The minimum absolute atomic E-state index is 0.0837. The molecular weight excluding hydrogens is 414 g/mol. The molecule has 34 heavy (non-hydrogen) atoms. The van der Waals surface area contributed by atoms with E-state index in [0.29, 0.717) is 29.2 Å². The third-order valence-corrected chi connectivity index (χ3v) is 12.7. The van der Waals surface area contributed by atoms with E-state index in [1.807, 2.05) is 0 Å². The van der Waals surface area contributed by atoms with Gasteiger partial charge in [0.1, 0.15) is 0 Å². The average Bonchev–Trinajstić information content (AvgIpc) is 3.29. The highest BCUT2D eigenvalue weighted by Gasteiger charge is 2.65. The number of carbonyl (C=O) groups excluding carboxylic acids is 1. The maximum absolute atomic E-state index is 13.8. The first-order valence-corrected chi connectivity index (χ1v) is 14.7. The molecule has 6 rings (SSSR count). The van der Waals surface area contributed by atoms with E-state index >= 15 is 0 Å². The van der Waals surface area contributed by atoms with Crippen molar-refractivity contribution in [1.29, 1.82) is 0 Å². The van der Waals surface area contributed by atoms with E-state index in [4.69, 9.17) is 0 Å². The monoisotopic (exact) mass is 461 g/mol. The lowest BCUT2D eigenvalue weighted by Gasteiger charge is -2.67. The topological polar surface area (TPSA) is 29.1 Å². The Morgan fingerprint density at radius 1 is 0.824 bits per heavy atom. The van der Waals surface area contributed by atoms with Crippen molar-refractivity contribution >= 4 is 5.91 Å². The molecule has 186 valence electrons. The fourth-order valence-corrected chi connectivity index (χ4v) is 11.3. The van der Waals surface area contributed by atoms with Gasteiger partial charge < -0.3 is 5.32 Å². The first-order valence-electron chi connectivity index (χ1n) is 14.7. The summed E-state index contributed by atoms with van der Waals surface area (Å²) < 4.78 is 0. The van der Waals surface area contributed by atoms with Gasteiger partial charge in [0.25, 0.3) is 0 Å². The highest BCUT2D eigenvalue weighted by Crippen LogP contribution is 2.71. The van der Waals surface area contributed by atoms with Crippen molar-refractivity contribution in [3.8, 4) is 0 Å². The predicted molar refractivity (Wildman–Crippen MR) is 139 cm³/mol. The highest BCUT2D eigenvalue weighted by atomic mass is 16.2. The van der Waals surface area contributed by atoms with Crippen molar-refractivity contribution < 1.29 is 4.79 Å². The van der Waals surface area contributed by atoms with Crippen molar-refractivity contribution in [2.45, 2.75) is 104 Å². The van der Waals surface area contributed by atoms with E-state index in [2.05, 4.69) is 56.4 Å². The van der Waals surface area contributed by atoms with Crippen LogP contribution in [0, 0.1) is 51.8 Å². The van der Waals surface area contributed by atoms with Crippen LogP contribution in [-0.4, -0.2) is 5.91 Å². The van der Waals surface area contributed by atoms with Crippen LogP contribution in [0.4, 0.5) is 0 Å². The summed E-state index contributed by atoms with van der Waals surface area (Å²) >= 11 is 0. The molecule has 1 N–H and O–H groups in total. The van der Waals surface area contributed by atoms with Crippen LogP contribution in [-0.2, 0) is 11.3 Å². The van der Waals surface area contributed by atoms with Gasteiger partial charge >= 0.3 is 0 Å². The summed E-state index contributed by atoms with van der Waals surface area (Å²) in [4.78, 5) is 13.8. The maximum Gasteiger partial charge on any atom is 0.226 e. The van der Waals surface area contributed by atoms with Crippen molar-refractivity contribution in [2.24, 2.45) is 51.8 Å². The van der Waals surface area contributed by atoms with Crippen LogP contribution in [0.25, 0.3) is 0 Å². The number of hydrogen-bond acceptors (Lipinski definition) is 1. The lowest BCUT2D eigenvalue weighted by molar-refractivity contribution is -0.185. The minimum atomic E-state index is -0.0837. The van der Waals surface area contributed by atoms with E-state index in [1.54, 1.807) is 0 Å². The molecule has 0 spiro atoms.